The molecule has 0 aliphatic heterocycles. The van der Waals surface area contributed by atoms with Gasteiger partial charge in [-0.3, -0.25) is 0 Å². The molecular formula is C15H32N2O. The second kappa shape index (κ2) is 14.7. The average Bonchev–Trinajstić information content (AvgIpc) is 2.43. The molecule has 0 aromatic carbocycles. The van der Waals surface area contributed by atoms with E-state index >= 15 is 0 Å². The van der Waals surface area contributed by atoms with Gasteiger partial charge in [0.1, 0.15) is 6.29 Å². The molecule has 0 radical (unpaired) electrons. The first kappa shape index (κ1) is 17.6. The fourth-order valence-corrected chi connectivity index (χ4v) is 2.25. The van der Waals surface area contributed by atoms with Crippen LogP contribution in [0, 0.1) is 0 Å². The van der Waals surface area contributed by atoms with Crippen molar-refractivity contribution in [3.63, 3.8) is 0 Å². The Kier molecular flexibility index (Phi) is 14.3. The van der Waals surface area contributed by atoms with Crippen molar-refractivity contribution in [2.24, 2.45) is 5.73 Å². The van der Waals surface area contributed by atoms with Gasteiger partial charge < -0.3 is 15.8 Å². The quantitative estimate of drug-likeness (QED) is 0.518. The molecular weight excluding hydrogens is 224 g/mol. The van der Waals surface area contributed by atoms with Gasteiger partial charge in [-0.25, -0.2) is 0 Å². The molecule has 1 aliphatic carbocycles. The Bertz CT molecular complexity index is 168. The lowest BCUT2D eigenvalue weighted by molar-refractivity contribution is -0.107. The van der Waals surface area contributed by atoms with E-state index in [-0.39, 0.29) is 0 Å². The fourth-order valence-electron chi connectivity index (χ4n) is 2.25. The molecule has 3 nitrogen and oxygen atoms in total. The Morgan fingerprint density at radius 2 is 1.89 bits per heavy atom. The highest BCUT2D eigenvalue weighted by atomic mass is 16.1. The Hall–Kier alpha value is -0.410. The van der Waals surface area contributed by atoms with Gasteiger partial charge in [-0.15, -0.1) is 0 Å². The second-order valence-corrected chi connectivity index (χ2v) is 5.09. The molecule has 0 atom stereocenters. The summed E-state index contributed by atoms with van der Waals surface area (Å²) in [5, 5.41) is 3.45. The molecule has 1 rings (SSSR count). The lowest BCUT2D eigenvalue weighted by atomic mass is 9.96. The Balaban J connectivity index is 0.000000331. The van der Waals surface area contributed by atoms with Gasteiger partial charge in [0, 0.05) is 25.6 Å². The number of hydrogen-bond acceptors (Lipinski definition) is 3. The van der Waals surface area contributed by atoms with Crippen LogP contribution in [0.4, 0.5) is 0 Å². The smallest absolute Gasteiger partial charge is 0.119 e. The predicted octanol–water partition coefficient (Wildman–Crippen LogP) is 3.02. The molecule has 0 heterocycles. The van der Waals surface area contributed by atoms with Crippen LogP contribution in [0.15, 0.2) is 0 Å². The van der Waals surface area contributed by atoms with E-state index in [9.17, 15) is 4.79 Å². The van der Waals surface area contributed by atoms with E-state index in [0.717, 1.165) is 38.3 Å². The van der Waals surface area contributed by atoms with Crippen molar-refractivity contribution in [2.75, 3.05) is 13.1 Å². The van der Waals surface area contributed by atoms with E-state index in [1.54, 1.807) is 0 Å². The van der Waals surface area contributed by atoms with Gasteiger partial charge in [-0.2, -0.15) is 0 Å². The second-order valence-electron chi connectivity index (χ2n) is 5.09. The van der Waals surface area contributed by atoms with E-state index in [4.69, 9.17) is 5.73 Å². The van der Waals surface area contributed by atoms with Gasteiger partial charge in [0.2, 0.25) is 0 Å². The lowest BCUT2D eigenvalue weighted by Crippen LogP contribution is -2.34. The summed E-state index contributed by atoms with van der Waals surface area (Å²) in [4.78, 5) is 9.77. The van der Waals surface area contributed by atoms with Crippen LogP contribution in [-0.2, 0) is 4.79 Å². The van der Waals surface area contributed by atoms with E-state index in [1.807, 2.05) is 0 Å². The van der Waals surface area contributed by atoms with Gasteiger partial charge in [-0.05, 0) is 19.3 Å². The molecule has 0 unspecified atom stereocenters. The van der Waals surface area contributed by atoms with Crippen molar-refractivity contribution in [1.29, 1.82) is 0 Å². The van der Waals surface area contributed by atoms with Gasteiger partial charge in [0.25, 0.3) is 0 Å². The molecule has 108 valence electrons. The molecule has 1 aliphatic rings. The molecule has 0 aromatic rings. The van der Waals surface area contributed by atoms with Crippen LogP contribution in [0.3, 0.4) is 0 Å². The molecule has 3 heteroatoms. The largest absolute Gasteiger partial charge is 0.329 e. The monoisotopic (exact) mass is 256 g/mol. The van der Waals surface area contributed by atoms with Crippen LogP contribution in [0.5, 0.6) is 0 Å². The molecule has 18 heavy (non-hydrogen) atoms. The van der Waals surface area contributed by atoms with Crippen LogP contribution in [-0.4, -0.2) is 25.4 Å². The summed E-state index contributed by atoms with van der Waals surface area (Å²) in [5.74, 6) is 0. The van der Waals surface area contributed by atoms with Crippen LogP contribution in [0.2, 0.25) is 0 Å². The zero-order valence-corrected chi connectivity index (χ0v) is 12.1. The average molecular weight is 256 g/mol. The maximum absolute atomic E-state index is 9.77. The molecule has 3 N–H and O–H groups in total. The molecule has 0 saturated heterocycles. The number of carbonyl (C=O) groups excluding carboxylic acids is 1. The van der Waals surface area contributed by atoms with Crippen molar-refractivity contribution in [3.05, 3.63) is 0 Å². The lowest BCUT2D eigenvalue weighted by Gasteiger charge is -2.22. The summed E-state index contributed by atoms with van der Waals surface area (Å²) in [5.41, 5.74) is 5.38. The number of nitrogens with one attached hydrogen (secondary N) is 1. The predicted molar refractivity (Wildman–Crippen MR) is 78.8 cm³/mol. The van der Waals surface area contributed by atoms with Gasteiger partial charge in [0.15, 0.2) is 0 Å². The number of carbonyl (C=O) groups is 1. The third-order valence-corrected chi connectivity index (χ3v) is 3.36. The standard InChI is InChI=1S/C8H18N2.C7H14O/c9-6-7-10-8-4-2-1-3-5-8;1-2-3-4-5-6-7-8/h8,10H,1-7,9H2;7H,2-6H2,1H3. The first-order valence-electron chi connectivity index (χ1n) is 7.72. The minimum absolute atomic E-state index is 0.750. The Morgan fingerprint density at radius 3 is 2.44 bits per heavy atom. The number of unbranched alkanes of at least 4 members (excludes halogenated alkanes) is 4. The van der Waals surface area contributed by atoms with E-state index in [1.165, 1.54) is 51.4 Å². The topological polar surface area (TPSA) is 55.1 Å². The molecule has 1 fully saturated rings. The van der Waals surface area contributed by atoms with Gasteiger partial charge in [0.05, 0.1) is 0 Å². The summed E-state index contributed by atoms with van der Waals surface area (Å²) in [6.45, 7) is 3.93. The molecule has 0 aromatic heterocycles. The zero-order chi connectivity index (χ0) is 13.5. The van der Waals surface area contributed by atoms with Crippen molar-refractivity contribution in [3.8, 4) is 0 Å². The van der Waals surface area contributed by atoms with Crippen molar-refractivity contribution in [1.82, 2.24) is 5.32 Å². The minimum atomic E-state index is 0.750. The number of hydrogen-bond donors (Lipinski definition) is 2. The zero-order valence-electron chi connectivity index (χ0n) is 12.1. The molecule has 0 amide bonds. The van der Waals surface area contributed by atoms with Crippen molar-refractivity contribution < 1.29 is 4.79 Å². The first-order chi connectivity index (χ1) is 8.85. The highest BCUT2D eigenvalue weighted by Gasteiger charge is 2.10. The summed E-state index contributed by atoms with van der Waals surface area (Å²) in [6.07, 6.45) is 13.5. The van der Waals surface area contributed by atoms with Crippen LogP contribution < -0.4 is 11.1 Å². The normalized spacial score (nSPS) is 15.9. The van der Waals surface area contributed by atoms with Gasteiger partial charge in [-0.1, -0.05) is 45.4 Å². The third kappa shape index (κ3) is 12.1. The van der Waals surface area contributed by atoms with E-state index < -0.39 is 0 Å². The summed E-state index contributed by atoms with van der Waals surface area (Å²) in [6, 6.07) is 0.775. The summed E-state index contributed by atoms with van der Waals surface area (Å²) < 4.78 is 0. The minimum Gasteiger partial charge on any atom is -0.329 e. The van der Waals surface area contributed by atoms with Crippen molar-refractivity contribution in [2.45, 2.75) is 77.2 Å². The first-order valence-corrected chi connectivity index (χ1v) is 7.72. The summed E-state index contributed by atoms with van der Waals surface area (Å²) >= 11 is 0. The maximum Gasteiger partial charge on any atom is 0.119 e. The Morgan fingerprint density at radius 1 is 1.17 bits per heavy atom. The maximum atomic E-state index is 9.77. The molecule has 0 bridgehead atoms. The fraction of sp³-hybridized carbons (Fsp3) is 0.933. The summed E-state index contributed by atoms with van der Waals surface area (Å²) in [7, 11) is 0. The third-order valence-electron chi connectivity index (χ3n) is 3.36. The molecule has 1 saturated carbocycles. The Labute approximate surface area is 113 Å². The molecule has 0 spiro atoms. The van der Waals surface area contributed by atoms with Gasteiger partial charge >= 0.3 is 0 Å². The van der Waals surface area contributed by atoms with Crippen LogP contribution >= 0.6 is 0 Å². The van der Waals surface area contributed by atoms with Crippen LogP contribution in [0.25, 0.3) is 0 Å². The SMILES string of the molecule is CCCCCCC=O.NCCNC1CCCCC1. The van der Waals surface area contributed by atoms with E-state index in [0.29, 0.717) is 0 Å². The highest BCUT2D eigenvalue weighted by Crippen LogP contribution is 2.16. The van der Waals surface area contributed by atoms with Crippen LogP contribution in [0.1, 0.15) is 71.1 Å². The number of rotatable bonds is 8. The van der Waals surface area contributed by atoms with E-state index in [2.05, 4.69) is 12.2 Å². The van der Waals surface area contributed by atoms with Crippen molar-refractivity contribution >= 4 is 6.29 Å². The highest BCUT2D eigenvalue weighted by molar-refractivity contribution is 5.48. The number of nitrogens with two attached hydrogens (primary N) is 1. The number of aldehydes is 1.